The second-order valence-corrected chi connectivity index (χ2v) is 5.77. The minimum atomic E-state index is 0.0364. The zero-order valence-corrected chi connectivity index (χ0v) is 12.7. The Kier molecular flexibility index (Phi) is 4.25. The van der Waals surface area contributed by atoms with Crippen LogP contribution in [0, 0.1) is 0 Å². The molecule has 4 nitrogen and oxygen atoms in total. The van der Waals surface area contributed by atoms with Gasteiger partial charge in [-0.1, -0.05) is 6.92 Å². The highest BCUT2D eigenvalue weighted by atomic mass is 15.1. The van der Waals surface area contributed by atoms with E-state index < -0.39 is 0 Å². The average molecular weight is 284 g/mol. The first kappa shape index (κ1) is 14.1. The lowest BCUT2D eigenvalue weighted by atomic mass is 10.1. The third-order valence-corrected chi connectivity index (χ3v) is 4.34. The SMILES string of the molecule is CC[C@@H](N)c1cncn1-c1ccc(N2CCCCC2)cc1. The lowest BCUT2D eigenvalue weighted by molar-refractivity contribution is 0.578. The lowest BCUT2D eigenvalue weighted by Gasteiger charge is -2.29. The van der Waals surface area contributed by atoms with Gasteiger partial charge in [0.05, 0.1) is 18.2 Å². The molecule has 1 aromatic carbocycles. The first-order valence-corrected chi connectivity index (χ1v) is 7.93. The van der Waals surface area contributed by atoms with E-state index in [2.05, 4.69) is 45.6 Å². The Morgan fingerprint density at radius 3 is 2.43 bits per heavy atom. The maximum Gasteiger partial charge on any atom is 0.0994 e. The largest absolute Gasteiger partial charge is 0.372 e. The molecule has 0 unspecified atom stereocenters. The molecule has 2 aromatic rings. The molecule has 21 heavy (non-hydrogen) atoms. The van der Waals surface area contributed by atoms with Crippen molar-refractivity contribution in [2.24, 2.45) is 5.73 Å². The van der Waals surface area contributed by atoms with Gasteiger partial charge in [-0.3, -0.25) is 0 Å². The first-order valence-electron chi connectivity index (χ1n) is 7.93. The van der Waals surface area contributed by atoms with Crippen LogP contribution in [0.15, 0.2) is 36.8 Å². The molecule has 1 aliphatic rings. The molecule has 0 radical (unpaired) electrons. The molecule has 1 atom stereocenters. The van der Waals surface area contributed by atoms with E-state index in [4.69, 9.17) is 5.73 Å². The van der Waals surface area contributed by atoms with Crippen LogP contribution in [0.1, 0.15) is 44.3 Å². The van der Waals surface area contributed by atoms with Crippen molar-refractivity contribution in [3.63, 3.8) is 0 Å². The zero-order valence-electron chi connectivity index (χ0n) is 12.7. The Hall–Kier alpha value is -1.81. The fourth-order valence-corrected chi connectivity index (χ4v) is 2.98. The average Bonchev–Trinajstić information content (AvgIpc) is 3.05. The van der Waals surface area contributed by atoms with Gasteiger partial charge in [0.15, 0.2) is 0 Å². The summed E-state index contributed by atoms with van der Waals surface area (Å²) in [4.78, 5) is 6.72. The summed E-state index contributed by atoms with van der Waals surface area (Å²) < 4.78 is 2.09. The number of nitrogens with zero attached hydrogens (tertiary/aromatic N) is 3. The number of imidazole rings is 1. The topological polar surface area (TPSA) is 47.1 Å². The maximum absolute atomic E-state index is 6.15. The van der Waals surface area contributed by atoms with E-state index in [1.807, 2.05) is 12.5 Å². The number of rotatable bonds is 4. The van der Waals surface area contributed by atoms with Crippen molar-refractivity contribution >= 4 is 5.69 Å². The second kappa shape index (κ2) is 6.31. The molecule has 0 amide bonds. The van der Waals surface area contributed by atoms with Crippen molar-refractivity contribution in [3.05, 3.63) is 42.5 Å². The van der Waals surface area contributed by atoms with Gasteiger partial charge in [-0.05, 0) is 49.9 Å². The molecular weight excluding hydrogens is 260 g/mol. The van der Waals surface area contributed by atoms with E-state index in [-0.39, 0.29) is 6.04 Å². The lowest BCUT2D eigenvalue weighted by Crippen LogP contribution is -2.29. The van der Waals surface area contributed by atoms with Crippen LogP contribution in [0.5, 0.6) is 0 Å². The van der Waals surface area contributed by atoms with Gasteiger partial charge in [0.2, 0.25) is 0 Å². The Labute approximate surface area is 126 Å². The molecule has 112 valence electrons. The van der Waals surface area contributed by atoms with E-state index in [1.165, 1.54) is 38.0 Å². The molecule has 3 rings (SSSR count). The summed E-state index contributed by atoms with van der Waals surface area (Å²) in [6.07, 6.45) is 8.60. The van der Waals surface area contributed by atoms with Crippen LogP contribution in [-0.4, -0.2) is 22.6 Å². The third kappa shape index (κ3) is 2.95. The van der Waals surface area contributed by atoms with Crippen LogP contribution >= 0.6 is 0 Å². The number of anilines is 1. The Morgan fingerprint density at radius 1 is 1.10 bits per heavy atom. The van der Waals surface area contributed by atoms with Crippen LogP contribution in [0.3, 0.4) is 0 Å². The highest BCUT2D eigenvalue weighted by Crippen LogP contribution is 2.23. The highest BCUT2D eigenvalue weighted by molar-refractivity contribution is 5.51. The van der Waals surface area contributed by atoms with Crippen molar-refractivity contribution in [2.45, 2.75) is 38.6 Å². The predicted molar refractivity (Wildman–Crippen MR) is 86.8 cm³/mol. The van der Waals surface area contributed by atoms with Crippen LogP contribution in [0.25, 0.3) is 5.69 Å². The number of hydrogen-bond donors (Lipinski definition) is 1. The van der Waals surface area contributed by atoms with Crippen LogP contribution < -0.4 is 10.6 Å². The van der Waals surface area contributed by atoms with Gasteiger partial charge < -0.3 is 15.2 Å². The fraction of sp³-hybridized carbons (Fsp3) is 0.471. The normalized spacial score (nSPS) is 17.0. The van der Waals surface area contributed by atoms with Crippen molar-refractivity contribution in [1.29, 1.82) is 0 Å². The number of piperidine rings is 1. The molecule has 0 spiro atoms. The smallest absolute Gasteiger partial charge is 0.0994 e. The minimum absolute atomic E-state index is 0.0364. The zero-order chi connectivity index (χ0) is 14.7. The molecule has 1 aromatic heterocycles. The van der Waals surface area contributed by atoms with Gasteiger partial charge in [0.1, 0.15) is 0 Å². The molecule has 1 aliphatic heterocycles. The van der Waals surface area contributed by atoms with Crippen molar-refractivity contribution in [3.8, 4) is 5.69 Å². The molecule has 4 heteroatoms. The minimum Gasteiger partial charge on any atom is -0.372 e. The quantitative estimate of drug-likeness (QED) is 0.937. The summed E-state index contributed by atoms with van der Waals surface area (Å²) in [5, 5.41) is 0. The Bertz CT molecular complexity index is 567. The fourth-order valence-electron chi connectivity index (χ4n) is 2.98. The Balaban J connectivity index is 1.82. The summed E-state index contributed by atoms with van der Waals surface area (Å²) in [5.41, 5.74) is 9.68. The van der Waals surface area contributed by atoms with Crippen molar-refractivity contribution in [1.82, 2.24) is 9.55 Å². The van der Waals surface area contributed by atoms with Gasteiger partial charge >= 0.3 is 0 Å². The summed E-state index contributed by atoms with van der Waals surface area (Å²) in [7, 11) is 0. The summed E-state index contributed by atoms with van der Waals surface area (Å²) in [6, 6.07) is 8.79. The predicted octanol–water partition coefficient (Wildman–Crippen LogP) is 3.27. The van der Waals surface area contributed by atoms with Crippen LogP contribution in [0.4, 0.5) is 5.69 Å². The second-order valence-electron chi connectivity index (χ2n) is 5.77. The van der Waals surface area contributed by atoms with Crippen molar-refractivity contribution in [2.75, 3.05) is 18.0 Å². The molecule has 2 heterocycles. The summed E-state index contributed by atoms with van der Waals surface area (Å²) in [6.45, 7) is 4.45. The molecule has 0 aliphatic carbocycles. The maximum atomic E-state index is 6.15. The van der Waals surface area contributed by atoms with Crippen LogP contribution in [0.2, 0.25) is 0 Å². The molecular formula is C17H24N4. The number of benzene rings is 1. The standard InChI is InChI=1S/C17H24N4/c1-2-16(18)17-12-19-13-21(17)15-8-6-14(7-9-15)20-10-4-3-5-11-20/h6-9,12-13,16H,2-5,10-11,18H2,1H3/t16-/m1/s1. The first-order chi connectivity index (χ1) is 10.3. The third-order valence-electron chi connectivity index (χ3n) is 4.34. The van der Waals surface area contributed by atoms with Gasteiger partial charge in [-0.25, -0.2) is 4.98 Å². The number of aromatic nitrogens is 2. The molecule has 2 N–H and O–H groups in total. The van der Waals surface area contributed by atoms with Gasteiger partial charge in [-0.2, -0.15) is 0 Å². The summed E-state index contributed by atoms with van der Waals surface area (Å²) in [5.74, 6) is 0. The van der Waals surface area contributed by atoms with Crippen molar-refractivity contribution < 1.29 is 0 Å². The molecule has 0 saturated carbocycles. The van der Waals surface area contributed by atoms with E-state index in [1.54, 1.807) is 0 Å². The highest BCUT2D eigenvalue weighted by Gasteiger charge is 2.13. The molecule has 0 bridgehead atoms. The van der Waals surface area contributed by atoms with Crippen LogP contribution in [-0.2, 0) is 0 Å². The number of hydrogen-bond acceptors (Lipinski definition) is 3. The van der Waals surface area contributed by atoms with Gasteiger partial charge in [-0.15, -0.1) is 0 Å². The Morgan fingerprint density at radius 2 is 1.76 bits per heavy atom. The van der Waals surface area contributed by atoms with Gasteiger partial charge in [0.25, 0.3) is 0 Å². The molecule has 1 fully saturated rings. The van der Waals surface area contributed by atoms with E-state index in [0.717, 1.165) is 17.8 Å². The van der Waals surface area contributed by atoms with E-state index in [0.29, 0.717) is 0 Å². The summed E-state index contributed by atoms with van der Waals surface area (Å²) >= 11 is 0. The molecule has 1 saturated heterocycles. The van der Waals surface area contributed by atoms with Gasteiger partial charge in [0, 0.05) is 30.5 Å². The number of nitrogens with two attached hydrogens (primary N) is 1. The van der Waals surface area contributed by atoms with E-state index >= 15 is 0 Å². The monoisotopic (exact) mass is 284 g/mol. The van der Waals surface area contributed by atoms with E-state index in [9.17, 15) is 0 Å².